The van der Waals surface area contributed by atoms with Gasteiger partial charge in [-0.3, -0.25) is 30.1 Å². The van der Waals surface area contributed by atoms with Gasteiger partial charge in [-0.25, -0.2) is 4.98 Å². The number of amides is 3. The van der Waals surface area contributed by atoms with Crippen LogP contribution in [0, 0.1) is 11.8 Å². The number of piperazine rings is 1. The summed E-state index contributed by atoms with van der Waals surface area (Å²) in [6.45, 7) is 3.52. The van der Waals surface area contributed by atoms with Crippen molar-refractivity contribution >= 4 is 29.1 Å². The van der Waals surface area contributed by atoms with Crippen molar-refractivity contribution in [3.05, 3.63) is 52.0 Å². The zero-order chi connectivity index (χ0) is 24.8. The van der Waals surface area contributed by atoms with Gasteiger partial charge in [0.05, 0.1) is 5.01 Å². The highest BCUT2D eigenvalue weighted by Crippen LogP contribution is 2.30. The van der Waals surface area contributed by atoms with Crippen molar-refractivity contribution in [2.24, 2.45) is 0 Å². The van der Waals surface area contributed by atoms with E-state index in [1.807, 2.05) is 49.3 Å². The molecule has 184 valence electrons. The second-order valence-electron chi connectivity index (χ2n) is 8.96. The highest BCUT2D eigenvalue weighted by molar-refractivity contribution is 7.09. The Kier molecular flexibility index (Phi) is 8.13. The average Bonchev–Trinajstić information content (AvgIpc) is 3.38. The number of rotatable bonds is 3. The largest absolute Gasteiger partial charge is 0.332 e. The van der Waals surface area contributed by atoms with Gasteiger partial charge in [0, 0.05) is 55.5 Å². The Hall–Kier alpha value is -3.26. The maximum atomic E-state index is 12.5. The van der Waals surface area contributed by atoms with Crippen LogP contribution in [-0.2, 0) is 9.59 Å². The fourth-order valence-electron chi connectivity index (χ4n) is 4.19. The summed E-state index contributed by atoms with van der Waals surface area (Å²) in [7, 11) is 3.88. The van der Waals surface area contributed by atoms with Gasteiger partial charge in [-0.05, 0) is 39.1 Å². The van der Waals surface area contributed by atoms with Gasteiger partial charge < -0.3 is 9.80 Å². The van der Waals surface area contributed by atoms with Crippen LogP contribution in [0.2, 0.25) is 0 Å². The molecule has 2 aliphatic rings. The number of carbonyl (C=O) groups excluding carboxylic acids is 3. The van der Waals surface area contributed by atoms with E-state index >= 15 is 0 Å². The van der Waals surface area contributed by atoms with Gasteiger partial charge in [0.25, 0.3) is 17.7 Å². The van der Waals surface area contributed by atoms with Crippen molar-refractivity contribution in [3.8, 4) is 11.8 Å². The molecule has 0 spiro atoms. The molecule has 1 unspecified atom stereocenters. The molecule has 0 radical (unpaired) electrons. The molecule has 2 aromatic rings. The van der Waals surface area contributed by atoms with Gasteiger partial charge in [-0.1, -0.05) is 24.1 Å². The van der Waals surface area contributed by atoms with Crippen molar-refractivity contribution in [1.82, 2.24) is 30.5 Å². The summed E-state index contributed by atoms with van der Waals surface area (Å²) in [5.74, 6) is 4.98. The van der Waals surface area contributed by atoms with Gasteiger partial charge >= 0.3 is 0 Å². The Labute approximate surface area is 209 Å². The van der Waals surface area contributed by atoms with E-state index in [9.17, 15) is 14.4 Å². The third kappa shape index (κ3) is 6.45. The summed E-state index contributed by atoms with van der Waals surface area (Å²) in [6, 6.07) is 9.14. The van der Waals surface area contributed by atoms with Crippen molar-refractivity contribution in [3.63, 3.8) is 0 Å². The van der Waals surface area contributed by atoms with E-state index in [2.05, 4.69) is 32.6 Å². The third-order valence-electron chi connectivity index (χ3n) is 6.43. The van der Waals surface area contributed by atoms with E-state index < -0.39 is 5.91 Å². The highest BCUT2D eigenvalue weighted by atomic mass is 32.1. The lowest BCUT2D eigenvalue weighted by molar-refractivity contribution is -0.128. The molecule has 2 N–H and O–H groups in total. The summed E-state index contributed by atoms with van der Waals surface area (Å²) in [6.07, 6.45) is 1.54. The normalized spacial score (nSPS) is 19.5. The van der Waals surface area contributed by atoms with Crippen LogP contribution in [-0.4, -0.2) is 90.3 Å². The number of aromatic nitrogens is 1. The number of benzene rings is 1. The van der Waals surface area contributed by atoms with E-state index in [1.54, 1.807) is 10.3 Å². The quantitative estimate of drug-likeness (QED) is 0.486. The number of hydrazine groups is 1. The summed E-state index contributed by atoms with van der Waals surface area (Å²) in [5, 5.41) is 2.58. The Morgan fingerprint density at radius 2 is 1.77 bits per heavy atom. The maximum absolute atomic E-state index is 12.5. The van der Waals surface area contributed by atoms with Crippen LogP contribution >= 0.6 is 11.3 Å². The Bertz CT molecular complexity index is 1120. The Morgan fingerprint density at radius 3 is 2.51 bits per heavy atom. The number of nitrogens with one attached hydrogen (secondary N) is 2. The minimum absolute atomic E-state index is 0.169. The standard InChI is InChI=1S/C25H30N6O3S/c1-29-14-15-30(2)21(16-29)24(34)28-27-23(33)20-17-35-25(26-20)19-10-12-31(13-11-19)22(32)9-8-18-6-4-3-5-7-18/h3-7,17,19,21H,10-16H2,1-2H3,(H,27,33)(H,28,34). The monoisotopic (exact) mass is 494 g/mol. The predicted molar refractivity (Wildman–Crippen MR) is 134 cm³/mol. The molecule has 1 aromatic carbocycles. The molecule has 0 aliphatic carbocycles. The molecule has 10 heteroatoms. The van der Waals surface area contributed by atoms with Gasteiger partial charge in [-0.2, -0.15) is 0 Å². The van der Waals surface area contributed by atoms with Crippen molar-refractivity contribution < 1.29 is 14.4 Å². The first-order valence-electron chi connectivity index (χ1n) is 11.7. The van der Waals surface area contributed by atoms with Gasteiger partial charge in [0.1, 0.15) is 11.7 Å². The van der Waals surface area contributed by atoms with Crippen molar-refractivity contribution in [2.75, 3.05) is 46.8 Å². The number of likely N-dealkylation sites (tertiary alicyclic amines) is 1. The molecule has 1 aromatic heterocycles. The van der Waals surface area contributed by atoms with Gasteiger partial charge in [0.2, 0.25) is 0 Å². The lowest BCUT2D eigenvalue weighted by atomic mass is 9.97. The second kappa shape index (κ2) is 11.4. The second-order valence-corrected chi connectivity index (χ2v) is 9.85. The smallest absolute Gasteiger partial charge is 0.298 e. The summed E-state index contributed by atoms with van der Waals surface area (Å²) in [5.41, 5.74) is 6.12. The molecule has 35 heavy (non-hydrogen) atoms. The van der Waals surface area contributed by atoms with E-state index in [0.717, 1.165) is 36.5 Å². The fraction of sp³-hybridized carbons (Fsp3) is 0.440. The van der Waals surface area contributed by atoms with Crippen molar-refractivity contribution in [2.45, 2.75) is 24.8 Å². The molecule has 9 nitrogen and oxygen atoms in total. The molecule has 3 heterocycles. The molecule has 0 bridgehead atoms. The van der Waals surface area contributed by atoms with E-state index in [4.69, 9.17) is 0 Å². The van der Waals surface area contributed by atoms with E-state index in [1.165, 1.54) is 11.3 Å². The molecule has 4 rings (SSSR count). The van der Waals surface area contributed by atoms with Crippen LogP contribution in [0.25, 0.3) is 0 Å². The number of thiazole rings is 1. The lowest BCUT2D eigenvalue weighted by Gasteiger charge is -2.36. The zero-order valence-corrected chi connectivity index (χ0v) is 20.8. The average molecular weight is 495 g/mol. The van der Waals surface area contributed by atoms with E-state index in [-0.39, 0.29) is 29.5 Å². The number of hydrogen-bond donors (Lipinski definition) is 2. The number of hydrogen-bond acceptors (Lipinski definition) is 7. The van der Waals surface area contributed by atoms with Gasteiger partial charge in [-0.15, -0.1) is 11.3 Å². The maximum Gasteiger partial charge on any atom is 0.298 e. The minimum atomic E-state index is -0.434. The van der Waals surface area contributed by atoms with Crippen LogP contribution < -0.4 is 10.9 Å². The van der Waals surface area contributed by atoms with Crippen LogP contribution in [0.5, 0.6) is 0 Å². The first-order valence-corrected chi connectivity index (χ1v) is 12.6. The highest BCUT2D eigenvalue weighted by Gasteiger charge is 2.29. The molecular weight excluding hydrogens is 464 g/mol. The zero-order valence-electron chi connectivity index (χ0n) is 20.0. The van der Waals surface area contributed by atoms with Crippen LogP contribution in [0.1, 0.15) is 39.8 Å². The Morgan fingerprint density at radius 1 is 1.03 bits per heavy atom. The molecular formula is C25H30N6O3S. The predicted octanol–water partition coefficient (Wildman–Crippen LogP) is 0.908. The van der Waals surface area contributed by atoms with Crippen LogP contribution in [0.15, 0.2) is 35.7 Å². The summed E-state index contributed by atoms with van der Waals surface area (Å²) >= 11 is 1.43. The summed E-state index contributed by atoms with van der Waals surface area (Å²) < 4.78 is 0. The number of carbonyl (C=O) groups is 3. The molecule has 0 saturated carbocycles. The van der Waals surface area contributed by atoms with E-state index in [0.29, 0.717) is 19.6 Å². The van der Waals surface area contributed by atoms with Crippen LogP contribution in [0.3, 0.4) is 0 Å². The summed E-state index contributed by atoms with van der Waals surface area (Å²) in [4.78, 5) is 47.8. The molecule has 3 amide bonds. The number of piperidine rings is 1. The molecule has 1 atom stereocenters. The first kappa shape index (κ1) is 24.9. The third-order valence-corrected chi connectivity index (χ3v) is 7.43. The first-order chi connectivity index (χ1) is 16.9. The molecule has 2 fully saturated rings. The minimum Gasteiger partial charge on any atom is -0.332 e. The fourth-order valence-corrected chi connectivity index (χ4v) is 5.17. The lowest BCUT2D eigenvalue weighted by Crippen LogP contribution is -2.59. The van der Waals surface area contributed by atoms with Crippen molar-refractivity contribution in [1.29, 1.82) is 0 Å². The number of nitrogens with zero attached hydrogens (tertiary/aromatic N) is 4. The molecule has 2 aliphatic heterocycles. The van der Waals surface area contributed by atoms with Gasteiger partial charge in [0.15, 0.2) is 0 Å². The topological polar surface area (TPSA) is 97.9 Å². The van der Waals surface area contributed by atoms with Crippen LogP contribution in [0.4, 0.5) is 0 Å². The Balaban J connectivity index is 1.25. The number of likely N-dealkylation sites (N-methyl/N-ethyl adjacent to an activating group) is 2. The SMILES string of the molecule is CN1CCN(C)C(C(=O)NNC(=O)c2csc(C3CCN(C(=O)C#Cc4ccccc4)CC3)n2)C1. The molecule has 2 saturated heterocycles.